The minimum Gasteiger partial charge on any atom is -0.366 e. The lowest BCUT2D eigenvalue weighted by Crippen LogP contribution is -2.49. The van der Waals surface area contributed by atoms with Crippen LogP contribution < -0.4 is 11.2 Å². The summed E-state index contributed by atoms with van der Waals surface area (Å²) in [5.41, 5.74) is 8.43. The zero-order valence-electron chi connectivity index (χ0n) is 15.3. The Hall–Kier alpha value is -1.97. The van der Waals surface area contributed by atoms with Crippen LogP contribution in [0.1, 0.15) is 42.5 Å². The highest BCUT2D eigenvalue weighted by molar-refractivity contribution is 7.89. The Morgan fingerprint density at radius 2 is 1.56 bits per heavy atom. The van der Waals surface area contributed by atoms with Gasteiger partial charge in [0, 0.05) is 37.7 Å². The van der Waals surface area contributed by atoms with Crippen molar-refractivity contribution >= 4 is 21.8 Å². The fraction of sp³-hybridized carbons (Fsp3) is 0.556. The Morgan fingerprint density at radius 1 is 0.963 bits per heavy atom. The van der Waals surface area contributed by atoms with Crippen LogP contribution in [0, 0.1) is 5.92 Å². The van der Waals surface area contributed by atoms with Crippen LogP contribution >= 0.6 is 0 Å². The first-order chi connectivity index (χ1) is 12.9. The number of carbonyl (C=O) groups excluding carboxylic acids is 2. The molecule has 1 aromatic carbocycles. The van der Waals surface area contributed by atoms with Gasteiger partial charge in [0.05, 0.1) is 4.90 Å². The molecule has 2 aliphatic heterocycles. The fourth-order valence-electron chi connectivity index (χ4n) is 3.55. The number of benzene rings is 1. The summed E-state index contributed by atoms with van der Waals surface area (Å²) in [5, 5.41) is 1.97. The molecule has 0 radical (unpaired) electrons. The van der Waals surface area contributed by atoms with Crippen molar-refractivity contribution in [3.8, 4) is 0 Å². The highest BCUT2D eigenvalue weighted by Gasteiger charge is 2.32. The van der Waals surface area contributed by atoms with Gasteiger partial charge >= 0.3 is 0 Å². The van der Waals surface area contributed by atoms with E-state index in [-0.39, 0.29) is 22.3 Å². The largest absolute Gasteiger partial charge is 0.366 e. The summed E-state index contributed by atoms with van der Waals surface area (Å²) in [5.74, 6) is -0.783. The Balaban J connectivity index is 1.57. The van der Waals surface area contributed by atoms with E-state index in [0.717, 1.165) is 25.9 Å². The highest BCUT2D eigenvalue weighted by atomic mass is 32.2. The third kappa shape index (κ3) is 4.66. The topological polar surface area (TPSA) is 113 Å². The predicted molar refractivity (Wildman–Crippen MR) is 100 cm³/mol. The number of sulfonamides is 1. The van der Waals surface area contributed by atoms with Gasteiger partial charge in [-0.2, -0.15) is 4.31 Å². The van der Waals surface area contributed by atoms with E-state index in [0.29, 0.717) is 25.9 Å². The molecule has 0 aliphatic carbocycles. The molecule has 2 fully saturated rings. The van der Waals surface area contributed by atoms with Crippen molar-refractivity contribution in [2.24, 2.45) is 11.7 Å². The van der Waals surface area contributed by atoms with Crippen LogP contribution in [-0.4, -0.2) is 55.7 Å². The van der Waals surface area contributed by atoms with Gasteiger partial charge in [0.2, 0.25) is 21.8 Å². The molecule has 9 heteroatoms. The quantitative estimate of drug-likeness (QED) is 0.763. The Kier molecular flexibility index (Phi) is 6.13. The minimum absolute atomic E-state index is 0.0141. The van der Waals surface area contributed by atoms with Crippen LogP contribution in [0.3, 0.4) is 0 Å². The molecule has 3 N–H and O–H groups in total. The lowest BCUT2D eigenvalue weighted by Gasteiger charge is -2.33. The van der Waals surface area contributed by atoms with Gasteiger partial charge in [-0.05, 0) is 49.9 Å². The van der Waals surface area contributed by atoms with Crippen molar-refractivity contribution in [1.29, 1.82) is 0 Å². The Morgan fingerprint density at radius 3 is 2.11 bits per heavy atom. The van der Waals surface area contributed by atoms with E-state index in [1.165, 1.54) is 35.0 Å². The van der Waals surface area contributed by atoms with Gasteiger partial charge in [-0.15, -0.1) is 0 Å². The summed E-state index contributed by atoms with van der Waals surface area (Å²) in [6.07, 6.45) is 4.37. The summed E-state index contributed by atoms with van der Waals surface area (Å²) in [7, 11) is -3.64. The minimum atomic E-state index is -3.64. The van der Waals surface area contributed by atoms with Gasteiger partial charge in [0.15, 0.2) is 0 Å². The number of nitrogens with two attached hydrogens (primary N) is 1. The van der Waals surface area contributed by atoms with Gasteiger partial charge in [0.25, 0.3) is 0 Å². The first-order valence-corrected chi connectivity index (χ1v) is 10.8. The number of hydrazine groups is 1. The zero-order chi connectivity index (χ0) is 19.4. The number of hydrogen-bond acceptors (Lipinski definition) is 5. The molecule has 2 heterocycles. The van der Waals surface area contributed by atoms with Crippen molar-refractivity contribution < 1.29 is 18.0 Å². The lowest BCUT2D eigenvalue weighted by atomic mass is 9.97. The highest BCUT2D eigenvalue weighted by Crippen LogP contribution is 2.24. The van der Waals surface area contributed by atoms with E-state index >= 15 is 0 Å². The number of piperidine rings is 2. The molecule has 3 rings (SSSR count). The van der Waals surface area contributed by atoms with Crippen LogP contribution in [0.25, 0.3) is 0 Å². The zero-order valence-corrected chi connectivity index (χ0v) is 16.1. The maximum atomic E-state index is 12.8. The molecule has 2 amide bonds. The van der Waals surface area contributed by atoms with Gasteiger partial charge in [-0.3, -0.25) is 15.0 Å². The number of amides is 2. The molecule has 0 bridgehead atoms. The average molecular weight is 394 g/mol. The second-order valence-corrected chi connectivity index (χ2v) is 9.03. The molecule has 27 heavy (non-hydrogen) atoms. The van der Waals surface area contributed by atoms with Crippen molar-refractivity contribution in [2.45, 2.75) is 37.0 Å². The molecule has 148 valence electrons. The number of hydrogen-bond donors (Lipinski definition) is 2. The first kappa shape index (κ1) is 19.8. The maximum Gasteiger partial charge on any atom is 0.248 e. The standard InChI is InChI=1S/C18H26N4O4S/c19-17(23)14-4-6-16(7-5-14)27(25,26)22-12-8-15(9-13-22)18(24)20-21-10-2-1-3-11-21/h4-7,15H,1-3,8-13H2,(H2,19,23)(H,20,24). The van der Waals surface area contributed by atoms with E-state index in [2.05, 4.69) is 5.43 Å². The third-order valence-electron chi connectivity index (χ3n) is 5.23. The molecule has 0 unspecified atom stereocenters. The van der Waals surface area contributed by atoms with E-state index in [9.17, 15) is 18.0 Å². The molecular weight excluding hydrogens is 368 g/mol. The second-order valence-electron chi connectivity index (χ2n) is 7.09. The van der Waals surface area contributed by atoms with E-state index in [4.69, 9.17) is 5.73 Å². The maximum absolute atomic E-state index is 12.8. The van der Waals surface area contributed by atoms with Crippen LogP contribution in [0.15, 0.2) is 29.2 Å². The summed E-state index contributed by atoms with van der Waals surface area (Å²) in [4.78, 5) is 23.7. The van der Waals surface area contributed by atoms with Gasteiger partial charge < -0.3 is 5.73 Å². The van der Waals surface area contributed by atoms with Crippen molar-refractivity contribution in [2.75, 3.05) is 26.2 Å². The first-order valence-electron chi connectivity index (χ1n) is 9.33. The SMILES string of the molecule is NC(=O)c1ccc(S(=O)(=O)N2CCC(C(=O)NN3CCCCC3)CC2)cc1. The van der Waals surface area contributed by atoms with E-state index in [1.54, 1.807) is 0 Å². The smallest absolute Gasteiger partial charge is 0.248 e. The van der Waals surface area contributed by atoms with Gasteiger partial charge in [-0.1, -0.05) is 6.42 Å². The number of rotatable bonds is 5. The number of carbonyl (C=O) groups is 2. The van der Waals surface area contributed by atoms with Crippen LogP contribution in [0.4, 0.5) is 0 Å². The summed E-state index contributed by atoms with van der Waals surface area (Å²) in [6, 6.07) is 5.61. The summed E-state index contributed by atoms with van der Waals surface area (Å²) < 4.78 is 26.9. The van der Waals surface area contributed by atoms with E-state index in [1.807, 2.05) is 5.01 Å². The molecule has 8 nitrogen and oxygen atoms in total. The monoisotopic (exact) mass is 394 g/mol. The Labute approximate surface area is 159 Å². The second kappa shape index (κ2) is 8.37. The molecule has 0 atom stereocenters. The van der Waals surface area contributed by atoms with Gasteiger partial charge in [-0.25, -0.2) is 13.4 Å². The molecule has 0 aromatic heterocycles. The van der Waals surface area contributed by atoms with E-state index < -0.39 is 15.9 Å². The number of nitrogens with one attached hydrogen (secondary N) is 1. The Bertz CT molecular complexity index is 780. The fourth-order valence-corrected chi connectivity index (χ4v) is 5.02. The molecule has 2 aliphatic rings. The summed E-state index contributed by atoms with van der Waals surface area (Å²) >= 11 is 0. The number of nitrogens with zero attached hydrogens (tertiary/aromatic N) is 2. The van der Waals surface area contributed by atoms with Crippen LogP contribution in [-0.2, 0) is 14.8 Å². The summed E-state index contributed by atoms with van der Waals surface area (Å²) in [6.45, 7) is 2.36. The predicted octanol–water partition coefficient (Wildman–Crippen LogP) is 0.703. The van der Waals surface area contributed by atoms with Crippen molar-refractivity contribution in [3.63, 3.8) is 0 Å². The van der Waals surface area contributed by atoms with Gasteiger partial charge in [0.1, 0.15) is 0 Å². The van der Waals surface area contributed by atoms with Crippen LogP contribution in [0.2, 0.25) is 0 Å². The third-order valence-corrected chi connectivity index (χ3v) is 7.14. The molecular formula is C18H26N4O4S. The molecule has 2 saturated heterocycles. The molecule has 1 aromatic rings. The molecule has 0 saturated carbocycles. The van der Waals surface area contributed by atoms with Crippen molar-refractivity contribution in [3.05, 3.63) is 29.8 Å². The van der Waals surface area contributed by atoms with Crippen molar-refractivity contribution in [1.82, 2.24) is 14.7 Å². The average Bonchev–Trinajstić information content (AvgIpc) is 2.69. The molecule has 0 spiro atoms. The lowest BCUT2D eigenvalue weighted by molar-refractivity contribution is -0.131. The normalized spacial score (nSPS) is 20.3. The van der Waals surface area contributed by atoms with Crippen LogP contribution in [0.5, 0.6) is 0 Å². The number of primary amides is 1.